The van der Waals surface area contributed by atoms with E-state index in [0.717, 1.165) is 28.9 Å². The highest BCUT2D eigenvalue weighted by molar-refractivity contribution is 6.31. The number of benzene rings is 2. The van der Waals surface area contributed by atoms with Gasteiger partial charge < -0.3 is 9.47 Å². The van der Waals surface area contributed by atoms with Gasteiger partial charge in [0.25, 0.3) is 5.56 Å². The van der Waals surface area contributed by atoms with Gasteiger partial charge in [0.05, 0.1) is 6.54 Å². The summed E-state index contributed by atoms with van der Waals surface area (Å²) >= 11 is 6.40. The maximum Gasteiger partial charge on any atom is 0.332 e. The largest absolute Gasteiger partial charge is 0.332 e. The maximum atomic E-state index is 13.6. The van der Waals surface area contributed by atoms with Crippen LogP contribution in [0.3, 0.4) is 0 Å². The van der Waals surface area contributed by atoms with Gasteiger partial charge in [0.15, 0.2) is 11.2 Å². The van der Waals surface area contributed by atoms with Crippen molar-refractivity contribution in [3.05, 3.63) is 85.0 Å². The molecule has 0 saturated heterocycles. The van der Waals surface area contributed by atoms with Crippen molar-refractivity contribution >= 4 is 34.4 Å². The molecular formula is C25H26ClN5O2. The predicted octanol–water partition coefficient (Wildman–Crippen LogP) is 4.00. The van der Waals surface area contributed by atoms with Gasteiger partial charge in [-0.05, 0) is 43.0 Å². The Hall–Kier alpha value is -3.32. The number of aromatic nitrogens is 4. The molecule has 0 spiro atoms. The Morgan fingerprint density at radius 2 is 1.79 bits per heavy atom. The molecule has 3 heterocycles. The zero-order valence-corrected chi connectivity index (χ0v) is 19.9. The van der Waals surface area contributed by atoms with Gasteiger partial charge in [0.1, 0.15) is 0 Å². The Bertz CT molecular complexity index is 1500. The SMILES string of the molecule is Cc1ccc(Cn2c(=O)c3c(nc4n3C[C@@H](C)CN4c3cccc(Cl)c3C)n(C)c2=O)cc1. The lowest BCUT2D eigenvalue weighted by Gasteiger charge is -2.34. The zero-order chi connectivity index (χ0) is 23.4. The van der Waals surface area contributed by atoms with Gasteiger partial charge in [-0.1, -0.05) is 54.4 Å². The lowest BCUT2D eigenvalue weighted by molar-refractivity contribution is 0.457. The zero-order valence-electron chi connectivity index (χ0n) is 19.2. The number of rotatable bonds is 3. The van der Waals surface area contributed by atoms with E-state index in [9.17, 15) is 9.59 Å². The van der Waals surface area contributed by atoms with Crippen molar-refractivity contribution in [2.24, 2.45) is 13.0 Å². The molecule has 0 unspecified atom stereocenters. The third kappa shape index (κ3) is 3.47. The lowest BCUT2D eigenvalue weighted by Crippen LogP contribution is -2.40. The Balaban J connectivity index is 1.73. The number of nitrogens with zero attached hydrogens (tertiary/aromatic N) is 5. The summed E-state index contributed by atoms with van der Waals surface area (Å²) in [7, 11) is 1.67. The van der Waals surface area contributed by atoms with E-state index in [4.69, 9.17) is 16.6 Å². The molecule has 2 aromatic heterocycles. The van der Waals surface area contributed by atoms with E-state index in [2.05, 4.69) is 11.8 Å². The van der Waals surface area contributed by atoms with Crippen molar-refractivity contribution in [3.8, 4) is 0 Å². The molecule has 0 radical (unpaired) electrons. The van der Waals surface area contributed by atoms with E-state index < -0.39 is 0 Å². The fourth-order valence-electron chi connectivity index (χ4n) is 4.61. The van der Waals surface area contributed by atoms with Gasteiger partial charge in [-0.2, -0.15) is 4.98 Å². The normalized spacial score (nSPS) is 15.8. The first kappa shape index (κ1) is 21.5. The number of imidazole rings is 1. The smallest absolute Gasteiger partial charge is 0.311 e. The molecule has 0 aliphatic carbocycles. The number of halogens is 1. The topological polar surface area (TPSA) is 65.1 Å². The molecule has 4 aromatic rings. The molecule has 8 heteroatoms. The Kier molecular flexibility index (Phi) is 5.16. The fourth-order valence-corrected chi connectivity index (χ4v) is 4.78. The summed E-state index contributed by atoms with van der Waals surface area (Å²) < 4.78 is 4.73. The second kappa shape index (κ2) is 7.92. The first-order chi connectivity index (χ1) is 15.8. The highest BCUT2D eigenvalue weighted by Gasteiger charge is 2.30. The summed E-state index contributed by atoms with van der Waals surface area (Å²) in [5, 5.41) is 0.682. The highest BCUT2D eigenvalue weighted by Crippen LogP contribution is 2.36. The van der Waals surface area contributed by atoms with Crippen LogP contribution in [0.2, 0.25) is 5.02 Å². The molecule has 0 N–H and O–H groups in total. The third-order valence-electron chi connectivity index (χ3n) is 6.43. The quantitative estimate of drug-likeness (QED) is 0.460. The van der Waals surface area contributed by atoms with E-state index in [-0.39, 0.29) is 23.7 Å². The standard InChI is InChI=1S/C25H26ClN5O2/c1-15-8-10-18(11-9-15)14-31-23(32)21-22(28(4)25(31)33)27-24-29(12-16(2)13-30(21)24)20-7-5-6-19(26)17(20)3/h5-11,16H,12-14H2,1-4H3/t16-/m0/s1. The average molecular weight is 464 g/mol. The van der Waals surface area contributed by atoms with Crippen LogP contribution < -0.4 is 16.1 Å². The molecule has 7 nitrogen and oxygen atoms in total. The van der Waals surface area contributed by atoms with Gasteiger partial charge in [-0.3, -0.25) is 13.9 Å². The van der Waals surface area contributed by atoms with Crippen LogP contribution in [0, 0.1) is 19.8 Å². The van der Waals surface area contributed by atoms with Gasteiger partial charge in [-0.15, -0.1) is 0 Å². The van der Waals surface area contributed by atoms with Gasteiger partial charge >= 0.3 is 5.69 Å². The Labute approximate surface area is 196 Å². The average Bonchev–Trinajstić information content (AvgIpc) is 3.17. The molecule has 1 aliphatic rings. The van der Waals surface area contributed by atoms with Crippen LogP contribution in [0.15, 0.2) is 52.1 Å². The van der Waals surface area contributed by atoms with Crippen LogP contribution in [0.5, 0.6) is 0 Å². The summed E-state index contributed by atoms with van der Waals surface area (Å²) in [6, 6.07) is 13.7. The van der Waals surface area contributed by atoms with Crippen LogP contribution in [0.25, 0.3) is 11.2 Å². The second-order valence-corrected chi connectivity index (χ2v) is 9.42. The van der Waals surface area contributed by atoms with Gasteiger partial charge in [0.2, 0.25) is 5.95 Å². The molecule has 5 rings (SSSR count). The Morgan fingerprint density at radius 1 is 1.06 bits per heavy atom. The fraction of sp³-hybridized carbons (Fsp3) is 0.320. The first-order valence-corrected chi connectivity index (χ1v) is 11.4. The first-order valence-electron chi connectivity index (χ1n) is 11.0. The van der Waals surface area contributed by atoms with Crippen LogP contribution in [-0.4, -0.2) is 25.2 Å². The molecule has 33 heavy (non-hydrogen) atoms. The molecule has 0 saturated carbocycles. The molecular weight excluding hydrogens is 438 g/mol. The van der Waals surface area contributed by atoms with Crippen LogP contribution in [0.4, 0.5) is 11.6 Å². The van der Waals surface area contributed by atoms with Crippen LogP contribution in [-0.2, 0) is 20.1 Å². The van der Waals surface area contributed by atoms with E-state index in [0.29, 0.717) is 28.7 Å². The predicted molar refractivity (Wildman–Crippen MR) is 132 cm³/mol. The lowest BCUT2D eigenvalue weighted by atomic mass is 10.1. The van der Waals surface area contributed by atoms with Gasteiger partial charge in [0, 0.05) is 30.8 Å². The summed E-state index contributed by atoms with van der Waals surface area (Å²) in [4.78, 5) is 33.7. The molecule has 0 bridgehead atoms. The number of hydrogen-bond acceptors (Lipinski definition) is 4. The summed E-state index contributed by atoms with van der Waals surface area (Å²) in [6.07, 6.45) is 0. The minimum absolute atomic E-state index is 0.217. The molecule has 1 atom stereocenters. The van der Waals surface area contributed by atoms with E-state index in [1.807, 2.05) is 60.9 Å². The molecule has 2 aromatic carbocycles. The number of fused-ring (bicyclic) bond motifs is 3. The van der Waals surface area contributed by atoms with Crippen LogP contribution in [0.1, 0.15) is 23.6 Å². The molecule has 0 fully saturated rings. The van der Waals surface area contributed by atoms with Crippen molar-refractivity contribution in [2.75, 3.05) is 11.4 Å². The summed E-state index contributed by atoms with van der Waals surface area (Å²) in [6.45, 7) is 7.75. The highest BCUT2D eigenvalue weighted by atomic mass is 35.5. The second-order valence-electron chi connectivity index (χ2n) is 9.01. The van der Waals surface area contributed by atoms with Gasteiger partial charge in [-0.25, -0.2) is 4.79 Å². The van der Waals surface area contributed by atoms with Crippen molar-refractivity contribution in [2.45, 2.75) is 33.9 Å². The van der Waals surface area contributed by atoms with E-state index in [1.165, 1.54) is 9.13 Å². The number of hydrogen-bond donors (Lipinski definition) is 0. The monoisotopic (exact) mass is 463 g/mol. The molecule has 170 valence electrons. The van der Waals surface area contributed by atoms with Crippen LogP contribution >= 0.6 is 11.6 Å². The maximum absolute atomic E-state index is 13.6. The summed E-state index contributed by atoms with van der Waals surface area (Å²) in [5.74, 6) is 0.934. The Morgan fingerprint density at radius 3 is 2.52 bits per heavy atom. The summed E-state index contributed by atoms with van der Waals surface area (Å²) in [5.41, 5.74) is 4.11. The van der Waals surface area contributed by atoms with Crippen molar-refractivity contribution < 1.29 is 0 Å². The number of anilines is 2. The minimum Gasteiger partial charge on any atom is -0.311 e. The van der Waals surface area contributed by atoms with Crippen molar-refractivity contribution in [3.63, 3.8) is 0 Å². The van der Waals surface area contributed by atoms with Crippen molar-refractivity contribution in [1.29, 1.82) is 0 Å². The third-order valence-corrected chi connectivity index (χ3v) is 6.84. The minimum atomic E-state index is -0.373. The van der Waals surface area contributed by atoms with E-state index >= 15 is 0 Å². The van der Waals surface area contributed by atoms with Crippen molar-refractivity contribution in [1.82, 2.24) is 18.7 Å². The molecule has 0 amide bonds. The molecule has 1 aliphatic heterocycles. The number of aryl methyl sites for hydroxylation is 2. The van der Waals surface area contributed by atoms with E-state index in [1.54, 1.807) is 7.05 Å².